The van der Waals surface area contributed by atoms with Crippen molar-refractivity contribution in [3.05, 3.63) is 24.0 Å². The Hall–Kier alpha value is -1.67. The van der Waals surface area contributed by atoms with E-state index in [0.29, 0.717) is 0 Å². The van der Waals surface area contributed by atoms with Crippen LogP contribution in [0, 0.1) is 5.82 Å². The molecule has 0 saturated carbocycles. The number of nitrogen functional groups attached to an aromatic ring is 1. The number of halogens is 1. The highest BCUT2D eigenvalue weighted by Crippen LogP contribution is 2.20. The predicted molar refractivity (Wildman–Crippen MR) is 71.9 cm³/mol. The van der Waals surface area contributed by atoms with Crippen molar-refractivity contribution in [2.24, 2.45) is 0 Å². The second kappa shape index (κ2) is 6.67. The summed E-state index contributed by atoms with van der Waals surface area (Å²) >= 11 is 0. The molecule has 0 fully saturated rings. The van der Waals surface area contributed by atoms with Gasteiger partial charge in [0.15, 0.2) is 0 Å². The molecule has 6 nitrogen and oxygen atoms in total. The molecule has 2 N–H and O–H groups in total. The van der Waals surface area contributed by atoms with Gasteiger partial charge in [0.05, 0.1) is 17.2 Å². The minimum Gasteiger partial charge on any atom is -0.465 e. The highest BCUT2D eigenvalue weighted by atomic mass is 32.2. The average Bonchev–Trinajstić information content (AvgIpc) is 2.39. The number of hydrogen-bond donors (Lipinski definition) is 1. The maximum absolute atomic E-state index is 13.4. The van der Waals surface area contributed by atoms with Gasteiger partial charge in [-0.15, -0.1) is 0 Å². The first-order valence-corrected chi connectivity index (χ1v) is 7.47. The Bertz CT molecular complexity index is 589. The summed E-state index contributed by atoms with van der Waals surface area (Å²) in [6, 6.07) is 3.19. The molecular formula is C12H17FN2O4S. The van der Waals surface area contributed by atoms with Crippen LogP contribution in [0.4, 0.5) is 10.1 Å². The molecule has 0 aliphatic rings. The molecule has 0 radical (unpaired) electrons. The van der Waals surface area contributed by atoms with Gasteiger partial charge < -0.3 is 10.5 Å². The fraction of sp³-hybridized carbons (Fsp3) is 0.417. The van der Waals surface area contributed by atoms with Gasteiger partial charge in [0.2, 0.25) is 10.0 Å². The Morgan fingerprint density at radius 3 is 2.55 bits per heavy atom. The highest BCUT2D eigenvalue weighted by Gasteiger charge is 2.26. The zero-order valence-electron chi connectivity index (χ0n) is 11.3. The van der Waals surface area contributed by atoms with E-state index in [1.54, 1.807) is 13.8 Å². The minimum absolute atomic E-state index is 0.0626. The number of sulfonamides is 1. The maximum atomic E-state index is 13.4. The lowest BCUT2D eigenvalue weighted by molar-refractivity contribution is -0.143. The normalized spacial score (nSPS) is 11.6. The number of rotatable bonds is 6. The van der Waals surface area contributed by atoms with Crippen LogP contribution in [0.1, 0.15) is 13.8 Å². The third-order valence-corrected chi connectivity index (χ3v) is 4.49. The van der Waals surface area contributed by atoms with E-state index in [0.717, 1.165) is 10.4 Å². The van der Waals surface area contributed by atoms with E-state index < -0.39 is 28.4 Å². The zero-order chi connectivity index (χ0) is 15.3. The number of nitrogens with two attached hydrogens (primary N) is 1. The molecule has 0 aromatic heterocycles. The maximum Gasteiger partial charge on any atom is 0.321 e. The van der Waals surface area contributed by atoms with Crippen LogP contribution >= 0.6 is 0 Å². The lowest BCUT2D eigenvalue weighted by Gasteiger charge is -2.19. The summed E-state index contributed by atoms with van der Waals surface area (Å²) in [4.78, 5) is 11.1. The summed E-state index contributed by atoms with van der Waals surface area (Å²) in [6.45, 7) is 3.00. The third kappa shape index (κ3) is 3.67. The summed E-state index contributed by atoms with van der Waals surface area (Å²) in [7, 11) is -3.97. The van der Waals surface area contributed by atoms with Gasteiger partial charge in [-0.05, 0) is 25.1 Å². The number of anilines is 1. The van der Waals surface area contributed by atoms with Crippen molar-refractivity contribution >= 4 is 21.7 Å². The molecule has 0 bridgehead atoms. The number of nitrogens with zero attached hydrogens (tertiary/aromatic N) is 1. The number of likely N-dealkylation sites (N-methyl/N-ethyl adjacent to an activating group) is 1. The summed E-state index contributed by atoms with van der Waals surface area (Å²) in [5, 5.41) is 0. The molecule has 0 saturated heterocycles. The Balaban J connectivity index is 3.05. The van der Waals surface area contributed by atoms with Crippen molar-refractivity contribution in [3.8, 4) is 0 Å². The number of esters is 1. The number of carbonyl (C=O) groups is 1. The Morgan fingerprint density at radius 2 is 2.05 bits per heavy atom. The minimum atomic E-state index is -3.97. The second-order valence-electron chi connectivity index (χ2n) is 3.92. The van der Waals surface area contributed by atoms with Crippen LogP contribution in [0.25, 0.3) is 0 Å². The molecule has 0 heterocycles. The quantitative estimate of drug-likeness (QED) is 0.625. The van der Waals surface area contributed by atoms with E-state index in [-0.39, 0.29) is 23.7 Å². The van der Waals surface area contributed by atoms with Gasteiger partial charge in [0.1, 0.15) is 12.4 Å². The molecule has 0 aliphatic carbocycles. The van der Waals surface area contributed by atoms with Gasteiger partial charge in [-0.1, -0.05) is 6.92 Å². The molecule has 0 amide bonds. The second-order valence-corrected chi connectivity index (χ2v) is 5.86. The van der Waals surface area contributed by atoms with E-state index in [2.05, 4.69) is 0 Å². The zero-order valence-corrected chi connectivity index (χ0v) is 12.1. The van der Waals surface area contributed by atoms with Gasteiger partial charge in [-0.25, -0.2) is 12.8 Å². The topological polar surface area (TPSA) is 89.7 Å². The first-order valence-electron chi connectivity index (χ1n) is 6.03. The molecule has 1 rings (SSSR count). The van der Waals surface area contributed by atoms with E-state index in [4.69, 9.17) is 10.5 Å². The highest BCUT2D eigenvalue weighted by molar-refractivity contribution is 7.89. The van der Waals surface area contributed by atoms with E-state index in [1.807, 2.05) is 0 Å². The number of benzene rings is 1. The fourth-order valence-electron chi connectivity index (χ4n) is 1.53. The first-order chi connectivity index (χ1) is 9.32. The molecular weight excluding hydrogens is 287 g/mol. The van der Waals surface area contributed by atoms with Crippen LogP contribution in [0.15, 0.2) is 23.1 Å². The summed E-state index contributed by atoms with van der Waals surface area (Å²) in [5.74, 6) is -1.48. The van der Waals surface area contributed by atoms with Crippen LogP contribution in [0.3, 0.4) is 0 Å². The average molecular weight is 304 g/mol. The molecule has 0 atom stereocenters. The Labute approximate surface area is 117 Å². The number of carbonyl (C=O) groups excluding carboxylic acids is 1. The predicted octanol–water partition coefficient (Wildman–Crippen LogP) is 0.982. The van der Waals surface area contributed by atoms with Crippen LogP contribution in [-0.2, 0) is 19.6 Å². The smallest absolute Gasteiger partial charge is 0.321 e. The molecule has 1 aromatic carbocycles. The molecule has 1 aromatic rings. The Kier molecular flexibility index (Phi) is 5.46. The van der Waals surface area contributed by atoms with Crippen molar-refractivity contribution in [1.82, 2.24) is 4.31 Å². The van der Waals surface area contributed by atoms with Gasteiger partial charge in [0.25, 0.3) is 0 Å². The van der Waals surface area contributed by atoms with Crippen molar-refractivity contribution < 1.29 is 22.3 Å². The molecule has 112 valence electrons. The monoisotopic (exact) mass is 304 g/mol. The van der Waals surface area contributed by atoms with Crippen molar-refractivity contribution in [2.75, 3.05) is 25.4 Å². The third-order valence-electron chi connectivity index (χ3n) is 2.57. The number of ether oxygens (including phenoxy) is 1. The van der Waals surface area contributed by atoms with Crippen molar-refractivity contribution in [3.63, 3.8) is 0 Å². The summed E-state index contributed by atoms with van der Waals surface area (Å²) in [5.41, 5.74) is 5.16. The first kappa shape index (κ1) is 16.4. The van der Waals surface area contributed by atoms with E-state index in [9.17, 15) is 17.6 Å². The largest absolute Gasteiger partial charge is 0.465 e. The summed E-state index contributed by atoms with van der Waals surface area (Å²) < 4.78 is 43.5. The lowest BCUT2D eigenvalue weighted by atomic mass is 10.3. The lowest BCUT2D eigenvalue weighted by Crippen LogP contribution is -2.36. The SMILES string of the molecule is CCOC(=O)CN(CC)S(=O)(=O)c1ccc(N)c(F)c1. The van der Waals surface area contributed by atoms with Crippen LogP contribution in [-0.4, -0.2) is 38.4 Å². The molecule has 0 aliphatic heterocycles. The molecule has 0 spiro atoms. The number of hydrogen-bond acceptors (Lipinski definition) is 5. The molecule has 0 unspecified atom stereocenters. The van der Waals surface area contributed by atoms with Gasteiger partial charge in [0, 0.05) is 6.54 Å². The fourth-order valence-corrected chi connectivity index (χ4v) is 2.94. The van der Waals surface area contributed by atoms with Gasteiger partial charge in [-0.2, -0.15) is 4.31 Å². The molecule has 8 heteroatoms. The van der Waals surface area contributed by atoms with Crippen LogP contribution < -0.4 is 5.73 Å². The van der Waals surface area contributed by atoms with Crippen LogP contribution in [0.2, 0.25) is 0 Å². The van der Waals surface area contributed by atoms with Crippen LogP contribution in [0.5, 0.6) is 0 Å². The molecule has 20 heavy (non-hydrogen) atoms. The van der Waals surface area contributed by atoms with E-state index in [1.165, 1.54) is 12.1 Å². The van der Waals surface area contributed by atoms with E-state index >= 15 is 0 Å². The van der Waals surface area contributed by atoms with Gasteiger partial charge in [-0.3, -0.25) is 4.79 Å². The van der Waals surface area contributed by atoms with Gasteiger partial charge >= 0.3 is 5.97 Å². The van der Waals surface area contributed by atoms with Crippen molar-refractivity contribution in [1.29, 1.82) is 0 Å². The summed E-state index contributed by atoms with van der Waals surface area (Å²) in [6.07, 6.45) is 0. The van der Waals surface area contributed by atoms with Crippen molar-refractivity contribution in [2.45, 2.75) is 18.7 Å². The Morgan fingerprint density at radius 1 is 1.40 bits per heavy atom. The standard InChI is InChI=1S/C12H17FN2O4S/c1-3-15(8-12(16)19-4-2)20(17,18)9-5-6-11(14)10(13)7-9/h5-7H,3-4,8,14H2,1-2H3.